The fraction of sp³-hybridized carbons (Fsp3) is 0.133. The molecule has 0 aliphatic carbocycles. The van der Waals surface area contributed by atoms with Gasteiger partial charge in [0, 0.05) is 17.8 Å². The Hall–Kier alpha value is -2.20. The molecule has 0 heterocycles. The van der Waals surface area contributed by atoms with Crippen LogP contribution in [0.15, 0.2) is 48.5 Å². The summed E-state index contributed by atoms with van der Waals surface area (Å²) < 4.78 is 5.19. The van der Waals surface area contributed by atoms with E-state index in [0.717, 1.165) is 5.69 Å². The van der Waals surface area contributed by atoms with Crippen LogP contribution in [0.2, 0.25) is 5.02 Å². The second-order valence-electron chi connectivity index (χ2n) is 4.17. The Bertz CT molecular complexity index is 602. The topological polar surface area (TPSA) is 41.6 Å². The summed E-state index contributed by atoms with van der Waals surface area (Å²) in [6, 6.07) is 14.2. The first-order chi connectivity index (χ1) is 9.61. The Morgan fingerprint density at radius 2 is 1.90 bits per heavy atom. The normalized spacial score (nSPS) is 9.95. The standard InChI is InChI=1S/C15H15ClN2O2/c1-18(12-6-4-3-5-7-12)15(19)17-13-10-11(16)8-9-14(13)20-2/h3-10H,1-2H3,(H,17,19). The zero-order valence-electron chi connectivity index (χ0n) is 11.3. The number of ether oxygens (including phenoxy) is 1. The number of nitrogens with zero attached hydrogens (tertiary/aromatic N) is 1. The maximum Gasteiger partial charge on any atom is 0.326 e. The molecule has 0 bridgehead atoms. The molecular formula is C15H15ClN2O2. The third-order valence-corrected chi connectivity index (χ3v) is 3.09. The first-order valence-corrected chi connectivity index (χ1v) is 6.43. The second kappa shape index (κ2) is 6.30. The predicted molar refractivity (Wildman–Crippen MR) is 81.9 cm³/mol. The molecule has 0 unspecified atom stereocenters. The molecule has 0 spiro atoms. The van der Waals surface area contributed by atoms with Crippen LogP contribution in [0.5, 0.6) is 5.75 Å². The fourth-order valence-corrected chi connectivity index (χ4v) is 1.92. The number of para-hydroxylation sites is 1. The molecule has 1 N–H and O–H groups in total. The zero-order chi connectivity index (χ0) is 14.5. The van der Waals surface area contributed by atoms with Crippen molar-refractivity contribution in [2.75, 3.05) is 24.4 Å². The highest BCUT2D eigenvalue weighted by Crippen LogP contribution is 2.28. The van der Waals surface area contributed by atoms with E-state index in [0.29, 0.717) is 16.5 Å². The van der Waals surface area contributed by atoms with Crippen LogP contribution in [0, 0.1) is 0 Å². The lowest BCUT2D eigenvalue weighted by Gasteiger charge is -2.19. The molecule has 0 radical (unpaired) electrons. The van der Waals surface area contributed by atoms with E-state index in [1.54, 1.807) is 32.4 Å². The predicted octanol–water partition coefficient (Wildman–Crippen LogP) is 4.02. The Balaban J connectivity index is 2.18. The zero-order valence-corrected chi connectivity index (χ0v) is 12.0. The number of carbonyl (C=O) groups excluding carboxylic acids is 1. The molecule has 0 fully saturated rings. The molecule has 20 heavy (non-hydrogen) atoms. The maximum absolute atomic E-state index is 12.2. The van der Waals surface area contributed by atoms with Crippen LogP contribution in [-0.4, -0.2) is 20.2 Å². The van der Waals surface area contributed by atoms with Crippen LogP contribution >= 0.6 is 11.6 Å². The largest absolute Gasteiger partial charge is 0.495 e. The van der Waals surface area contributed by atoms with E-state index in [-0.39, 0.29) is 6.03 Å². The van der Waals surface area contributed by atoms with Crippen molar-refractivity contribution in [3.05, 3.63) is 53.6 Å². The van der Waals surface area contributed by atoms with E-state index in [2.05, 4.69) is 5.32 Å². The minimum Gasteiger partial charge on any atom is -0.495 e. The Labute approximate surface area is 122 Å². The molecule has 0 saturated heterocycles. The Morgan fingerprint density at radius 1 is 1.20 bits per heavy atom. The molecule has 0 atom stereocenters. The molecule has 104 valence electrons. The second-order valence-corrected chi connectivity index (χ2v) is 4.61. The van der Waals surface area contributed by atoms with Gasteiger partial charge in [0.1, 0.15) is 5.75 Å². The first-order valence-electron chi connectivity index (χ1n) is 6.05. The average molecular weight is 291 g/mol. The van der Waals surface area contributed by atoms with Gasteiger partial charge in [0.05, 0.1) is 12.8 Å². The van der Waals surface area contributed by atoms with E-state index in [1.165, 1.54) is 4.90 Å². The van der Waals surface area contributed by atoms with Crippen molar-refractivity contribution in [1.82, 2.24) is 0 Å². The van der Waals surface area contributed by atoms with Crippen molar-refractivity contribution in [1.29, 1.82) is 0 Å². The molecule has 0 aliphatic heterocycles. The van der Waals surface area contributed by atoms with Crippen LogP contribution in [0.1, 0.15) is 0 Å². The number of rotatable bonds is 3. The lowest BCUT2D eigenvalue weighted by Crippen LogP contribution is -2.31. The molecular weight excluding hydrogens is 276 g/mol. The summed E-state index contributed by atoms with van der Waals surface area (Å²) in [5.74, 6) is 0.559. The summed E-state index contributed by atoms with van der Waals surface area (Å²) in [5, 5.41) is 3.31. The van der Waals surface area contributed by atoms with Crippen molar-refractivity contribution in [3.8, 4) is 5.75 Å². The molecule has 2 rings (SSSR count). The van der Waals surface area contributed by atoms with Crippen molar-refractivity contribution in [2.45, 2.75) is 0 Å². The third-order valence-electron chi connectivity index (χ3n) is 2.85. The van der Waals surface area contributed by atoms with Crippen molar-refractivity contribution in [2.24, 2.45) is 0 Å². The summed E-state index contributed by atoms with van der Waals surface area (Å²) in [6.07, 6.45) is 0. The number of carbonyl (C=O) groups is 1. The van der Waals surface area contributed by atoms with Gasteiger partial charge in [0.25, 0.3) is 0 Å². The van der Waals surface area contributed by atoms with Crippen molar-refractivity contribution < 1.29 is 9.53 Å². The SMILES string of the molecule is COc1ccc(Cl)cc1NC(=O)N(C)c1ccccc1. The molecule has 0 saturated carbocycles. The van der Waals surface area contributed by atoms with Gasteiger partial charge in [0.15, 0.2) is 0 Å². The number of methoxy groups -OCH3 is 1. The maximum atomic E-state index is 12.2. The van der Waals surface area contributed by atoms with Crippen LogP contribution in [0.25, 0.3) is 0 Å². The lowest BCUT2D eigenvalue weighted by atomic mass is 10.3. The lowest BCUT2D eigenvalue weighted by molar-refractivity contribution is 0.258. The van der Waals surface area contributed by atoms with Gasteiger partial charge in [-0.2, -0.15) is 0 Å². The summed E-state index contributed by atoms with van der Waals surface area (Å²) in [4.78, 5) is 13.7. The van der Waals surface area contributed by atoms with E-state index >= 15 is 0 Å². The summed E-state index contributed by atoms with van der Waals surface area (Å²) in [5.41, 5.74) is 1.33. The van der Waals surface area contributed by atoms with Gasteiger partial charge in [-0.25, -0.2) is 4.79 Å². The van der Waals surface area contributed by atoms with Gasteiger partial charge in [-0.3, -0.25) is 4.90 Å². The van der Waals surface area contributed by atoms with Gasteiger partial charge in [0.2, 0.25) is 0 Å². The summed E-state index contributed by atoms with van der Waals surface area (Å²) in [7, 11) is 3.24. The van der Waals surface area contributed by atoms with E-state index in [4.69, 9.17) is 16.3 Å². The summed E-state index contributed by atoms with van der Waals surface area (Å²) >= 11 is 5.93. The highest BCUT2D eigenvalue weighted by atomic mass is 35.5. The van der Waals surface area contributed by atoms with Crippen molar-refractivity contribution >= 4 is 29.0 Å². The minimum absolute atomic E-state index is 0.267. The highest BCUT2D eigenvalue weighted by Gasteiger charge is 2.13. The number of benzene rings is 2. The minimum atomic E-state index is -0.267. The highest BCUT2D eigenvalue weighted by molar-refractivity contribution is 6.31. The van der Waals surface area contributed by atoms with Gasteiger partial charge >= 0.3 is 6.03 Å². The van der Waals surface area contributed by atoms with Crippen LogP contribution < -0.4 is 15.0 Å². The van der Waals surface area contributed by atoms with Crippen molar-refractivity contribution in [3.63, 3.8) is 0 Å². The molecule has 5 heteroatoms. The van der Waals surface area contributed by atoms with E-state index in [9.17, 15) is 4.79 Å². The first kappa shape index (κ1) is 14.2. The molecule has 0 aromatic heterocycles. The molecule has 0 aliphatic rings. The fourth-order valence-electron chi connectivity index (χ4n) is 1.75. The van der Waals surface area contributed by atoms with Crippen LogP contribution in [-0.2, 0) is 0 Å². The summed E-state index contributed by atoms with van der Waals surface area (Å²) in [6.45, 7) is 0. The molecule has 2 amide bonds. The third kappa shape index (κ3) is 3.22. The molecule has 2 aromatic carbocycles. The van der Waals surface area contributed by atoms with Crippen LogP contribution in [0.3, 0.4) is 0 Å². The van der Waals surface area contributed by atoms with Gasteiger partial charge in [-0.1, -0.05) is 29.8 Å². The number of hydrogen-bond donors (Lipinski definition) is 1. The van der Waals surface area contributed by atoms with Gasteiger partial charge in [-0.05, 0) is 30.3 Å². The number of hydrogen-bond acceptors (Lipinski definition) is 2. The Kier molecular flexibility index (Phi) is 4.48. The number of nitrogens with one attached hydrogen (secondary N) is 1. The number of anilines is 2. The number of urea groups is 1. The quantitative estimate of drug-likeness (QED) is 0.928. The molecule has 4 nitrogen and oxygen atoms in total. The smallest absolute Gasteiger partial charge is 0.326 e. The van der Waals surface area contributed by atoms with Gasteiger partial charge in [-0.15, -0.1) is 0 Å². The van der Waals surface area contributed by atoms with Crippen LogP contribution in [0.4, 0.5) is 16.2 Å². The van der Waals surface area contributed by atoms with E-state index < -0.39 is 0 Å². The monoisotopic (exact) mass is 290 g/mol. The number of amides is 2. The van der Waals surface area contributed by atoms with E-state index in [1.807, 2.05) is 30.3 Å². The molecule has 2 aromatic rings. The Morgan fingerprint density at radius 3 is 2.55 bits per heavy atom. The van der Waals surface area contributed by atoms with Gasteiger partial charge < -0.3 is 10.1 Å². The average Bonchev–Trinajstić information content (AvgIpc) is 2.47. The number of halogens is 1.